The van der Waals surface area contributed by atoms with E-state index in [1.807, 2.05) is 0 Å². The van der Waals surface area contributed by atoms with Gasteiger partial charge in [-0.3, -0.25) is 0 Å². The van der Waals surface area contributed by atoms with Gasteiger partial charge in [0.15, 0.2) is 0 Å². The number of hydrogen-bond acceptors (Lipinski definition) is 0. The van der Waals surface area contributed by atoms with Crippen molar-refractivity contribution in [1.29, 1.82) is 0 Å². The predicted octanol–water partition coefficient (Wildman–Crippen LogP) is 15.4. The molecule has 0 saturated heterocycles. The molecule has 2 nitrogen and oxygen atoms in total. The van der Waals surface area contributed by atoms with Crippen molar-refractivity contribution in [3.05, 3.63) is 112 Å². The van der Waals surface area contributed by atoms with E-state index in [4.69, 9.17) is 12.8 Å². The number of benzene rings is 2. The minimum absolute atomic E-state index is 0. The molecule has 0 aliphatic rings. The second-order valence-corrected chi connectivity index (χ2v) is 14.1. The quantitative estimate of drug-likeness (QED) is 0.0141. The Bertz CT molecular complexity index is 1420. The summed E-state index contributed by atoms with van der Waals surface area (Å²) in [5.41, 5.74) is 18.2. The van der Waals surface area contributed by atoms with Gasteiger partial charge in [-0.2, -0.15) is 0 Å². The summed E-state index contributed by atoms with van der Waals surface area (Å²) in [6.07, 6.45) is 43.9. The smallest absolute Gasteiger partial charge is 0.694 e. The van der Waals surface area contributed by atoms with Gasteiger partial charge in [0.05, 0.1) is 5.57 Å². The Kier molecular flexibility index (Phi) is 38.5. The standard InChI is InChI=1S/C37H52N2.2C7H11.Ni/c1-5-9-13-16-21-32-23-19-26-34(29-32)37(33-25-18-22-31(28-33)20-15-11-7-3)36(27-17-14-10-6-2)35(30-39-38)24-12-8-4;2*1-3-5-7-6-4-2;/h17-19,22-23,25-29H,5-16,20-21,24H2,1-4H3;2*3,5-7H2,1H3;/q;2*-1;+2. The van der Waals surface area contributed by atoms with Crippen molar-refractivity contribution in [2.24, 2.45) is 0 Å². The van der Waals surface area contributed by atoms with Crippen molar-refractivity contribution >= 4 is 11.4 Å². The van der Waals surface area contributed by atoms with Crippen LogP contribution in [0.5, 0.6) is 0 Å². The zero-order valence-electron chi connectivity index (χ0n) is 35.2. The van der Waals surface area contributed by atoms with Crippen LogP contribution in [0.3, 0.4) is 0 Å². The summed E-state index contributed by atoms with van der Waals surface area (Å²) in [4.78, 5) is 3.41. The van der Waals surface area contributed by atoms with Crippen LogP contribution in [0.2, 0.25) is 0 Å². The van der Waals surface area contributed by atoms with Gasteiger partial charge in [0, 0.05) is 5.57 Å². The number of unbranched alkanes of at least 4 members (excludes halogenated alkanes) is 14. The Hall–Kier alpha value is -3.31. The van der Waals surface area contributed by atoms with Gasteiger partial charge in [-0.05, 0) is 98.5 Å². The average Bonchev–Trinajstić information content (AvgIpc) is 3.18. The van der Waals surface area contributed by atoms with E-state index in [1.165, 1.54) is 111 Å². The third kappa shape index (κ3) is 26.5. The first kappa shape index (κ1) is 52.8. The first-order valence-corrected chi connectivity index (χ1v) is 21.4. The zero-order chi connectivity index (χ0) is 39.2. The third-order valence-electron chi connectivity index (χ3n) is 9.20. The van der Waals surface area contributed by atoms with E-state index in [2.05, 4.69) is 125 Å². The van der Waals surface area contributed by atoms with E-state index in [0.29, 0.717) is 0 Å². The fourth-order valence-electron chi connectivity index (χ4n) is 6.03. The van der Waals surface area contributed by atoms with E-state index in [0.717, 1.165) is 75.4 Å². The molecule has 0 fully saturated rings. The molecule has 0 aromatic heterocycles. The maximum absolute atomic E-state index is 9.61. The van der Waals surface area contributed by atoms with Crippen LogP contribution in [0.4, 0.5) is 0 Å². The first-order chi connectivity index (χ1) is 26.0. The van der Waals surface area contributed by atoms with Crippen LogP contribution in [0.25, 0.3) is 11.1 Å². The fraction of sp³-hybridized carbons (Fsp3) is 0.569. The molecule has 0 aliphatic carbocycles. The Morgan fingerprint density at radius 2 is 1.07 bits per heavy atom. The molecule has 0 saturated carbocycles. The molecule has 2 aromatic rings. The number of aryl methyl sites for hydroxylation is 2. The molecular weight excluding hydrogens is 699 g/mol. The molecule has 298 valence electrons. The van der Waals surface area contributed by atoms with Crippen LogP contribution < -0.4 is 0 Å². The van der Waals surface area contributed by atoms with E-state index < -0.39 is 0 Å². The minimum atomic E-state index is 0. The van der Waals surface area contributed by atoms with Gasteiger partial charge in [-0.25, -0.2) is 0 Å². The summed E-state index contributed by atoms with van der Waals surface area (Å²) in [6, 6.07) is 18.2. The van der Waals surface area contributed by atoms with Gasteiger partial charge in [-0.1, -0.05) is 179 Å². The van der Waals surface area contributed by atoms with Crippen LogP contribution in [0.15, 0.2) is 71.8 Å². The van der Waals surface area contributed by atoms with Crippen molar-refractivity contribution in [3.63, 3.8) is 0 Å². The van der Waals surface area contributed by atoms with Crippen molar-refractivity contribution in [2.45, 2.75) is 189 Å². The van der Waals surface area contributed by atoms with Crippen molar-refractivity contribution in [2.75, 3.05) is 0 Å². The molecule has 0 spiro atoms. The number of allylic oxidation sites excluding steroid dienone is 4. The molecule has 0 bridgehead atoms. The maximum atomic E-state index is 9.61. The number of hydrogen-bond donors (Lipinski definition) is 0. The molecule has 0 heterocycles. The molecule has 0 atom stereocenters. The summed E-state index contributed by atoms with van der Waals surface area (Å²) >= 11 is 0. The molecular formula is C51H74N2Ni. The molecule has 2 aromatic carbocycles. The summed E-state index contributed by atoms with van der Waals surface area (Å²) < 4.78 is 0. The second kappa shape index (κ2) is 39.4. The maximum Gasteiger partial charge on any atom is 2.00 e. The first-order valence-electron chi connectivity index (χ1n) is 21.4. The fourth-order valence-corrected chi connectivity index (χ4v) is 6.03. The van der Waals surface area contributed by atoms with Gasteiger partial charge in [0.2, 0.25) is 0 Å². The Morgan fingerprint density at radius 1 is 0.611 bits per heavy atom. The summed E-state index contributed by atoms with van der Waals surface area (Å²) in [7, 11) is 0. The molecule has 0 N–H and O–H groups in total. The van der Waals surface area contributed by atoms with E-state index >= 15 is 0 Å². The number of rotatable bonds is 25. The van der Waals surface area contributed by atoms with E-state index in [-0.39, 0.29) is 16.5 Å². The molecule has 0 unspecified atom stereocenters. The summed E-state index contributed by atoms with van der Waals surface area (Å²) in [6.45, 7) is 13.3. The second-order valence-electron chi connectivity index (χ2n) is 14.1. The molecule has 0 aliphatic heterocycles. The Labute approximate surface area is 344 Å². The van der Waals surface area contributed by atoms with Crippen LogP contribution >= 0.6 is 0 Å². The topological polar surface area (TPSA) is 36.4 Å². The number of nitrogens with zero attached hydrogens (tertiary/aromatic N) is 2. The largest absolute Gasteiger partial charge is 2.00 e. The van der Waals surface area contributed by atoms with Crippen LogP contribution in [0.1, 0.15) is 199 Å². The van der Waals surface area contributed by atoms with Gasteiger partial charge >= 0.3 is 22.4 Å². The SMILES string of the molecule is CCCCC=CC(C(=C=[N+]=[N-])CCCC)=C(c1cccc(CCCCC)c1)c1cccc(CCCCCC)c1.[C-]#CCCCCC.[C-]#CCCCCC.[Ni+2]. The van der Waals surface area contributed by atoms with E-state index in [1.54, 1.807) is 0 Å². The Balaban J connectivity index is 0. The van der Waals surface area contributed by atoms with Crippen LogP contribution in [0, 0.1) is 24.7 Å². The van der Waals surface area contributed by atoms with Crippen molar-refractivity contribution in [1.82, 2.24) is 0 Å². The molecule has 54 heavy (non-hydrogen) atoms. The Morgan fingerprint density at radius 3 is 1.54 bits per heavy atom. The molecule has 2 rings (SSSR count). The van der Waals surface area contributed by atoms with Gasteiger partial charge in [0.25, 0.3) is 0 Å². The molecule has 0 amide bonds. The normalized spacial score (nSPS) is 10.6. The molecule has 0 radical (unpaired) electrons. The predicted molar refractivity (Wildman–Crippen MR) is 233 cm³/mol. The minimum Gasteiger partial charge on any atom is -0.694 e. The average molecular weight is 774 g/mol. The van der Waals surface area contributed by atoms with E-state index in [9.17, 15) is 5.53 Å². The van der Waals surface area contributed by atoms with Gasteiger partial charge in [-0.15, -0.1) is 4.79 Å². The monoisotopic (exact) mass is 773 g/mol. The van der Waals surface area contributed by atoms with Gasteiger partial charge < -0.3 is 30.2 Å². The van der Waals surface area contributed by atoms with Crippen molar-refractivity contribution < 1.29 is 21.3 Å². The third-order valence-corrected chi connectivity index (χ3v) is 9.20. The molecule has 3 heteroatoms. The van der Waals surface area contributed by atoms with Crippen LogP contribution in [-0.2, 0) is 29.3 Å². The van der Waals surface area contributed by atoms with Gasteiger partial charge in [0.1, 0.15) is 0 Å². The van der Waals surface area contributed by atoms with Crippen molar-refractivity contribution in [3.8, 4) is 11.8 Å². The van der Waals surface area contributed by atoms with Crippen LogP contribution in [-0.4, -0.2) is 10.7 Å². The summed E-state index contributed by atoms with van der Waals surface area (Å²) in [5.74, 6) is 7.69. The zero-order valence-corrected chi connectivity index (χ0v) is 36.2. The summed E-state index contributed by atoms with van der Waals surface area (Å²) in [5, 5.41) is 0.